The smallest absolute Gasteiger partial charge is 0.222 e. The molecule has 4 aliphatic rings. The molecule has 302 valence electrons. The average molecular weight is 765 g/mol. The van der Waals surface area contributed by atoms with Gasteiger partial charge in [-0.3, -0.25) is 9.59 Å². The molecule has 4 heterocycles. The summed E-state index contributed by atoms with van der Waals surface area (Å²) in [5, 5.41) is 146. The first kappa shape index (κ1) is 42.9. The number of carbonyl (C=O) groups excluding carboxylic acids is 2. The zero-order chi connectivity index (χ0) is 38.6. The molecule has 0 saturated carbocycles. The van der Waals surface area contributed by atoms with Gasteiger partial charge in [-0.2, -0.15) is 0 Å². The van der Waals surface area contributed by atoms with E-state index < -0.39 is 174 Å². The molecule has 2 amide bonds. The normalized spacial score (nSPS) is 47.1. The van der Waals surface area contributed by atoms with Crippen molar-refractivity contribution in [3.63, 3.8) is 0 Å². The molecule has 4 saturated heterocycles. The molecule has 0 aromatic rings. The van der Waals surface area contributed by atoms with Gasteiger partial charge in [0.05, 0.1) is 26.4 Å². The van der Waals surface area contributed by atoms with Crippen molar-refractivity contribution in [2.24, 2.45) is 0 Å². The first-order valence-electron chi connectivity index (χ1n) is 16.3. The first-order valence-corrected chi connectivity index (χ1v) is 16.3. The summed E-state index contributed by atoms with van der Waals surface area (Å²) in [6, 6.07) is 0. The van der Waals surface area contributed by atoms with E-state index in [0.717, 1.165) is 0 Å². The van der Waals surface area contributed by atoms with Gasteiger partial charge in [0.25, 0.3) is 0 Å². The minimum Gasteiger partial charge on any atom is -0.394 e. The summed E-state index contributed by atoms with van der Waals surface area (Å²) < 4.78 is 32.3. The zero-order valence-electron chi connectivity index (χ0n) is 27.3. The summed E-state index contributed by atoms with van der Waals surface area (Å²) in [4.78, 5) is 25.3. The van der Waals surface area contributed by atoms with Crippen LogP contribution in [-0.2, 0) is 38.0 Å². The number of ether oxygens (including phenoxy) is 6. The molecule has 0 bridgehead atoms. The molecule has 4 fully saturated rings. The van der Waals surface area contributed by atoms with Crippen molar-refractivity contribution < 1.29 is 110 Å². The number of carbonyl (C=O) groups is 2. The maximum Gasteiger partial charge on any atom is 0.222 e. The van der Waals surface area contributed by atoms with E-state index in [9.17, 15) is 81.1 Å². The predicted octanol–water partition coefficient (Wildman–Crippen LogP) is -10.8. The van der Waals surface area contributed by atoms with E-state index in [1.807, 2.05) is 0 Å². The summed E-state index contributed by atoms with van der Waals surface area (Å²) in [6.07, 6.45) is -35.4. The van der Waals surface area contributed by atoms with Crippen molar-refractivity contribution in [3.8, 4) is 0 Å². The van der Waals surface area contributed by atoms with Crippen molar-refractivity contribution in [2.45, 2.75) is 136 Å². The van der Waals surface area contributed by atoms with Gasteiger partial charge in [-0.1, -0.05) is 0 Å². The maximum atomic E-state index is 12.7. The predicted molar refractivity (Wildman–Crippen MR) is 158 cm³/mol. The lowest BCUT2D eigenvalue weighted by atomic mass is 9.96. The SMILES string of the molecule is O=C(CCC(=O)N[C@@H]1O[C@H](CO)[C@@H](O[C@@H]2O[C@H](CO)[C@@H](O)[C@H](O)[C@H]2O)[C@H](O)[C@H]1O)N[C@@H]1O[C@H](CO)[C@@H](O[C@@H]2O[C@H](CO)[C@@H](O)[C@H](O)[C@H]2O)[C@H](O)[C@H]1O. The fourth-order valence-electron chi connectivity index (χ4n) is 6.11. The minimum absolute atomic E-state index is 0.583. The number of aliphatic hydroxyl groups is 14. The number of rotatable bonds is 13. The molecule has 0 aromatic carbocycles. The van der Waals surface area contributed by atoms with Crippen LogP contribution in [0.5, 0.6) is 0 Å². The van der Waals surface area contributed by atoms with Crippen LogP contribution in [-0.4, -0.2) is 232 Å². The van der Waals surface area contributed by atoms with Crippen LogP contribution in [0.2, 0.25) is 0 Å². The number of aliphatic hydroxyl groups excluding tert-OH is 14. The Morgan fingerprint density at radius 3 is 1.06 bits per heavy atom. The van der Waals surface area contributed by atoms with Gasteiger partial charge in [0.1, 0.15) is 97.7 Å². The molecule has 20 atom stereocenters. The summed E-state index contributed by atoms with van der Waals surface area (Å²) in [7, 11) is 0. The second kappa shape index (κ2) is 18.7. The van der Waals surface area contributed by atoms with Gasteiger partial charge in [0.15, 0.2) is 25.0 Å². The molecule has 16 N–H and O–H groups in total. The summed E-state index contributed by atoms with van der Waals surface area (Å²) in [6.45, 7) is -3.29. The van der Waals surface area contributed by atoms with E-state index in [-0.39, 0.29) is 0 Å². The quantitative estimate of drug-likeness (QED) is 0.0827. The van der Waals surface area contributed by atoms with Crippen molar-refractivity contribution in [2.75, 3.05) is 26.4 Å². The van der Waals surface area contributed by atoms with Gasteiger partial charge in [-0.15, -0.1) is 0 Å². The number of nitrogens with one attached hydrogen (secondary N) is 2. The Hall–Kier alpha value is -1.86. The lowest BCUT2D eigenvalue weighted by Gasteiger charge is -2.46. The molecular weight excluding hydrogens is 716 g/mol. The van der Waals surface area contributed by atoms with Gasteiger partial charge in [0, 0.05) is 12.8 Å². The lowest BCUT2D eigenvalue weighted by molar-refractivity contribution is -0.343. The van der Waals surface area contributed by atoms with Crippen molar-refractivity contribution in [1.29, 1.82) is 0 Å². The van der Waals surface area contributed by atoms with E-state index in [2.05, 4.69) is 10.6 Å². The molecule has 0 unspecified atom stereocenters. The molecule has 24 nitrogen and oxygen atoms in total. The van der Waals surface area contributed by atoms with E-state index in [4.69, 9.17) is 28.4 Å². The van der Waals surface area contributed by atoms with E-state index in [1.54, 1.807) is 0 Å². The van der Waals surface area contributed by atoms with Gasteiger partial charge < -0.3 is 111 Å². The molecule has 4 rings (SSSR count). The highest BCUT2D eigenvalue weighted by Gasteiger charge is 2.52. The van der Waals surface area contributed by atoms with E-state index >= 15 is 0 Å². The van der Waals surface area contributed by atoms with E-state index in [1.165, 1.54) is 0 Å². The topological polar surface area (TPSA) is 397 Å². The fourth-order valence-corrected chi connectivity index (χ4v) is 6.11. The summed E-state index contributed by atoms with van der Waals surface area (Å²) in [5.74, 6) is -1.83. The third-order valence-corrected chi connectivity index (χ3v) is 9.19. The highest BCUT2D eigenvalue weighted by atomic mass is 16.7. The first-order chi connectivity index (χ1) is 24.6. The zero-order valence-corrected chi connectivity index (χ0v) is 27.3. The molecular formula is C28H48N2O22. The van der Waals surface area contributed by atoms with Crippen LogP contribution in [0.4, 0.5) is 0 Å². The van der Waals surface area contributed by atoms with Gasteiger partial charge >= 0.3 is 0 Å². The highest BCUT2D eigenvalue weighted by Crippen LogP contribution is 2.30. The van der Waals surface area contributed by atoms with Gasteiger partial charge in [-0.25, -0.2) is 0 Å². The number of hydrogen-bond donors (Lipinski definition) is 16. The second-order valence-electron chi connectivity index (χ2n) is 12.7. The maximum absolute atomic E-state index is 12.7. The fraction of sp³-hybridized carbons (Fsp3) is 0.929. The minimum atomic E-state index is -1.92. The van der Waals surface area contributed by atoms with Crippen LogP contribution in [0.3, 0.4) is 0 Å². The van der Waals surface area contributed by atoms with Crippen LogP contribution in [0, 0.1) is 0 Å². The van der Waals surface area contributed by atoms with Crippen LogP contribution < -0.4 is 10.6 Å². The van der Waals surface area contributed by atoms with Crippen molar-refractivity contribution >= 4 is 11.8 Å². The van der Waals surface area contributed by atoms with Crippen molar-refractivity contribution in [3.05, 3.63) is 0 Å². The third kappa shape index (κ3) is 9.32. The lowest BCUT2D eigenvalue weighted by Crippen LogP contribution is -2.66. The standard InChI is InChI=1S/C28H48N2O22/c31-3-7-13(37)15(39)21(45)27(49-7)51-23-9(5-33)47-25(19(43)17(23)41)29-11(35)1-2-12(36)30-26-20(44)18(42)24(10(6-34)48-26)52-28-22(46)16(40)14(38)8(4-32)50-28/h7-10,13-28,31-34,37-46H,1-6H2,(H,29,35)(H,30,36)/t7-,8-,9-,10-,13-,14-,15+,16+,17-,18-,19-,20-,21-,22-,23-,24-,25-,26-,27+,28+/m1/s1. The monoisotopic (exact) mass is 764 g/mol. The van der Waals surface area contributed by atoms with Crippen LogP contribution >= 0.6 is 0 Å². The average Bonchev–Trinajstić information content (AvgIpc) is 3.13. The van der Waals surface area contributed by atoms with Crippen LogP contribution in [0.1, 0.15) is 12.8 Å². The Bertz CT molecular complexity index is 1070. The van der Waals surface area contributed by atoms with Crippen molar-refractivity contribution in [1.82, 2.24) is 10.6 Å². The Morgan fingerprint density at radius 1 is 0.423 bits per heavy atom. The summed E-state index contributed by atoms with van der Waals surface area (Å²) >= 11 is 0. The molecule has 24 heteroatoms. The van der Waals surface area contributed by atoms with Gasteiger partial charge in [-0.05, 0) is 0 Å². The van der Waals surface area contributed by atoms with Crippen LogP contribution in [0.25, 0.3) is 0 Å². The van der Waals surface area contributed by atoms with Gasteiger partial charge in [0.2, 0.25) is 11.8 Å². The molecule has 0 aliphatic carbocycles. The molecule has 0 spiro atoms. The Labute approximate surface area is 294 Å². The Morgan fingerprint density at radius 2 is 0.750 bits per heavy atom. The number of amides is 2. The molecule has 0 aromatic heterocycles. The third-order valence-electron chi connectivity index (χ3n) is 9.19. The second-order valence-corrected chi connectivity index (χ2v) is 12.7. The highest BCUT2D eigenvalue weighted by molar-refractivity contribution is 5.83. The molecule has 0 radical (unpaired) electrons. The Balaban J connectivity index is 1.27. The molecule has 4 aliphatic heterocycles. The largest absolute Gasteiger partial charge is 0.394 e. The molecule has 52 heavy (non-hydrogen) atoms. The van der Waals surface area contributed by atoms with Crippen LogP contribution in [0.15, 0.2) is 0 Å². The Kier molecular flexibility index (Phi) is 15.4. The summed E-state index contributed by atoms with van der Waals surface area (Å²) in [5.41, 5.74) is 0. The van der Waals surface area contributed by atoms with E-state index in [0.29, 0.717) is 0 Å². The number of hydrogen-bond acceptors (Lipinski definition) is 22.